The number of benzene rings is 2. The molecule has 3 nitrogen and oxygen atoms in total. The smallest absolute Gasteiger partial charge is 0.282 e. The molecule has 2 aromatic carbocycles. The molecule has 0 fully saturated rings. The molecule has 0 radical (unpaired) electrons. The lowest BCUT2D eigenvalue weighted by atomic mass is 10.0. The molecule has 2 atom stereocenters. The van der Waals surface area contributed by atoms with E-state index in [0.29, 0.717) is 0 Å². The van der Waals surface area contributed by atoms with E-state index in [4.69, 9.17) is 11.6 Å². The van der Waals surface area contributed by atoms with Gasteiger partial charge in [-0.3, -0.25) is 4.79 Å². The van der Waals surface area contributed by atoms with Gasteiger partial charge in [-0.15, -0.1) is 0 Å². The molecule has 0 saturated heterocycles. The molecule has 4 heteroatoms. The monoisotopic (exact) mass is 345 g/mol. The second-order valence-corrected chi connectivity index (χ2v) is 7.02. The Morgan fingerprint density at radius 1 is 1.08 bits per heavy atom. The molecule has 0 unspecified atom stereocenters. The first-order valence-corrected chi connectivity index (χ1v) is 8.65. The Bertz CT molecular complexity index is 719. The van der Waals surface area contributed by atoms with Gasteiger partial charge in [0, 0.05) is 16.3 Å². The van der Waals surface area contributed by atoms with E-state index >= 15 is 0 Å². The zero-order chi connectivity index (χ0) is 17.9. The van der Waals surface area contributed by atoms with Gasteiger partial charge < -0.3 is 10.6 Å². The van der Waals surface area contributed by atoms with Gasteiger partial charge in [0.1, 0.15) is 6.04 Å². The summed E-state index contributed by atoms with van der Waals surface area (Å²) in [5.41, 5.74) is 5.43. The molecule has 2 rings (SSSR count). The molecule has 2 aromatic rings. The lowest BCUT2D eigenvalue weighted by molar-refractivity contribution is -0.709. The van der Waals surface area contributed by atoms with Crippen molar-refractivity contribution in [1.29, 1.82) is 0 Å². The van der Waals surface area contributed by atoms with Crippen LogP contribution in [0.2, 0.25) is 5.02 Å². The molecule has 0 aliphatic carbocycles. The maximum Gasteiger partial charge on any atom is 0.282 e. The standard InChI is InChI=1S/C20H25ClN2O/c1-12-9-13(2)19(14(3)10-12)23-20(24)16(5)22-15(4)17-7-6-8-18(21)11-17/h6-11,15-16,22H,1-5H3,(H,23,24)/p+1/t15-,16-/m1/s1. The van der Waals surface area contributed by atoms with Crippen molar-refractivity contribution in [2.75, 3.05) is 5.32 Å². The Morgan fingerprint density at radius 3 is 2.29 bits per heavy atom. The number of halogens is 1. The number of quaternary nitrogens is 1. The predicted octanol–water partition coefficient (Wildman–Crippen LogP) is 3.92. The lowest BCUT2D eigenvalue weighted by Crippen LogP contribution is -2.91. The predicted molar refractivity (Wildman–Crippen MR) is 101 cm³/mol. The number of carbonyl (C=O) groups is 1. The van der Waals surface area contributed by atoms with E-state index in [1.807, 2.05) is 45.0 Å². The summed E-state index contributed by atoms with van der Waals surface area (Å²) in [5.74, 6) is 0.0129. The molecular weight excluding hydrogens is 320 g/mol. The van der Waals surface area contributed by atoms with Crippen molar-refractivity contribution < 1.29 is 10.1 Å². The Hall–Kier alpha value is -1.84. The van der Waals surface area contributed by atoms with E-state index in [1.54, 1.807) is 0 Å². The fourth-order valence-electron chi connectivity index (χ4n) is 3.04. The van der Waals surface area contributed by atoms with E-state index < -0.39 is 0 Å². The number of anilines is 1. The summed E-state index contributed by atoms with van der Waals surface area (Å²) in [5, 5.41) is 5.85. The fraction of sp³-hybridized carbons (Fsp3) is 0.350. The van der Waals surface area contributed by atoms with Crippen molar-refractivity contribution >= 4 is 23.2 Å². The summed E-state index contributed by atoms with van der Waals surface area (Å²) >= 11 is 6.05. The molecule has 128 valence electrons. The number of hydrogen-bond acceptors (Lipinski definition) is 1. The third kappa shape index (κ3) is 4.59. The van der Waals surface area contributed by atoms with Gasteiger partial charge in [-0.2, -0.15) is 0 Å². The minimum atomic E-state index is -0.195. The van der Waals surface area contributed by atoms with Gasteiger partial charge in [-0.25, -0.2) is 0 Å². The number of rotatable bonds is 5. The molecule has 0 spiro atoms. The third-order valence-electron chi connectivity index (χ3n) is 4.29. The summed E-state index contributed by atoms with van der Waals surface area (Å²) in [6.07, 6.45) is 0. The summed E-state index contributed by atoms with van der Waals surface area (Å²) in [4.78, 5) is 12.6. The lowest BCUT2D eigenvalue weighted by Gasteiger charge is -2.19. The summed E-state index contributed by atoms with van der Waals surface area (Å²) in [7, 11) is 0. The normalized spacial score (nSPS) is 13.4. The van der Waals surface area contributed by atoms with Gasteiger partial charge in [-0.05, 0) is 57.9 Å². The number of carbonyl (C=O) groups excluding carboxylic acids is 1. The van der Waals surface area contributed by atoms with E-state index in [0.717, 1.165) is 27.4 Å². The summed E-state index contributed by atoms with van der Waals surface area (Å²) < 4.78 is 0. The Kier molecular flexibility index (Phi) is 6.03. The molecule has 1 amide bonds. The first-order valence-electron chi connectivity index (χ1n) is 8.27. The molecule has 0 heterocycles. The first-order chi connectivity index (χ1) is 11.3. The van der Waals surface area contributed by atoms with Crippen molar-refractivity contribution in [2.24, 2.45) is 0 Å². The third-order valence-corrected chi connectivity index (χ3v) is 4.53. The number of amides is 1. The van der Waals surface area contributed by atoms with Crippen LogP contribution in [0.1, 0.15) is 42.1 Å². The van der Waals surface area contributed by atoms with Gasteiger partial charge in [-0.1, -0.05) is 41.4 Å². The summed E-state index contributed by atoms with van der Waals surface area (Å²) in [6.45, 7) is 10.1. The molecule has 24 heavy (non-hydrogen) atoms. The van der Waals surface area contributed by atoms with E-state index in [9.17, 15) is 4.79 Å². The molecule has 0 aromatic heterocycles. The van der Waals surface area contributed by atoms with E-state index in [-0.39, 0.29) is 18.0 Å². The topological polar surface area (TPSA) is 45.7 Å². The van der Waals surface area contributed by atoms with Gasteiger partial charge in [0.15, 0.2) is 6.04 Å². The van der Waals surface area contributed by atoms with Crippen LogP contribution < -0.4 is 10.6 Å². The van der Waals surface area contributed by atoms with Crippen LogP contribution in [0, 0.1) is 20.8 Å². The van der Waals surface area contributed by atoms with Gasteiger partial charge >= 0.3 is 0 Å². The van der Waals surface area contributed by atoms with Gasteiger partial charge in [0.25, 0.3) is 5.91 Å². The molecule has 0 bridgehead atoms. The van der Waals surface area contributed by atoms with Crippen molar-refractivity contribution in [3.8, 4) is 0 Å². The van der Waals surface area contributed by atoms with E-state index in [2.05, 4.69) is 36.6 Å². The average molecular weight is 346 g/mol. The maximum atomic E-state index is 12.6. The van der Waals surface area contributed by atoms with Crippen LogP contribution in [0.3, 0.4) is 0 Å². The van der Waals surface area contributed by atoms with Gasteiger partial charge in [0.2, 0.25) is 0 Å². The largest absolute Gasteiger partial charge is 0.330 e. The molecule has 0 saturated carbocycles. The highest BCUT2D eigenvalue weighted by molar-refractivity contribution is 6.30. The highest BCUT2D eigenvalue weighted by atomic mass is 35.5. The number of nitrogens with two attached hydrogens (primary N) is 1. The molecule has 0 aliphatic heterocycles. The molecule has 3 N–H and O–H groups in total. The number of hydrogen-bond donors (Lipinski definition) is 2. The zero-order valence-electron chi connectivity index (χ0n) is 15.0. The van der Waals surface area contributed by atoms with E-state index in [1.165, 1.54) is 5.56 Å². The minimum Gasteiger partial charge on any atom is -0.330 e. The average Bonchev–Trinajstić information content (AvgIpc) is 2.50. The highest BCUT2D eigenvalue weighted by Crippen LogP contribution is 2.22. The first kappa shape index (κ1) is 18.5. The fourth-order valence-corrected chi connectivity index (χ4v) is 3.23. The van der Waals surface area contributed by atoms with Crippen LogP contribution >= 0.6 is 11.6 Å². The van der Waals surface area contributed by atoms with Crippen LogP contribution in [0.15, 0.2) is 36.4 Å². The highest BCUT2D eigenvalue weighted by Gasteiger charge is 2.21. The number of aryl methyl sites for hydroxylation is 3. The van der Waals surface area contributed by atoms with Crippen molar-refractivity contribution in [1.82, 2.24) is 0 Å². The number of nitrogens with one attached hydrogen (secondary N) is 1. The van der Waals surface area contributed by atoms with Crippen LogP contribution in [0.5, 0.6) is 0 Å². The van der Waals surface area contributed by atoms with Gasteiger partial charge in [0.05, 0.1) is 0 Å². The maximum absolute atomic E-state index is 12.6. The van der Waals surface area contributed by atoms with Crippen molar-refractivity contribution in [3.63, 3.8) is 0 Å². The quantitative estimate of drug-likeness (QED) is 0.847. The van der Waals surface area contributed by atoms with Crippen LogP contribution in [-0.2, 0) is 4.79 Å². The summed E-state index contributed by atoms with van der Waals surface area (Å²) in [6, 6.07) is 11.9. The molecular formula is C20H26ClN2O+. The van der Waals surface area contributed by atoms with Crippen LogP contribution in [0.4, 0.5) is 5.69 Å². The Balaban J connectivity index is 2.05. The van der Waals surface area contributed by atoms with Crippen molar-refractivity contribution in [3.05, 3.63) is 63.7 Å². The second-order valence-electron chi connectivity index (χ2n) is 6.59. The van der Waals surface area contributed by atoms with Crippen LogP contribution in [-0.4, -0.2) is 11.9 Å². The van der Waals surface area contributed by atoms with Crippen molar-refractivity contribution in [2.45, 2.75) is 46.7 Å². The zero-order valence-corrected chi connectivity index (χ0v) is 15.7. The van der Waals surface area contributed by atoms with Crippen LogP contribution in [0.25, 0.3) is 0 Å². The molecule has 0 aliphatic rings. The second kappa shape index (κ2) is 7.82. The SMILES string of the molecule is Cc1cc(C)c(NC(=O)[C@@H](C)[NH2+][C@H](C)c2cccc(Cl)c2)c(C)c1. The Labute approximate surface area is 149 Å². The Morgan fingerprint density at radius 2 is 1.71 bits per heavy atom. The minimum absolute atomic E-state index is 0.0129.